The molecule has 6 rings (SSSR count). The van der Waals surface area contributed by atoms with Crippen LogP contribution in [0.1, 0.15) is 76.8 Å². The third-order valence-electron chi connectivity index (χ3n) is 8.04. The quantitative estimate of drug-likeness (QED) is 0.426. The van der Waals surface area contributed by atoms with Crippen molar-refractivity contribution in [3.63, 3.8) is 0 Å². The SMILES string of the molecule is Cc1cc(N2CCc3c(C(=O)NCC4CC4)nn(-c4cccc(Cl)c4)c3C2=O)cc2c1CCN(C(=O)OC(C)(C)C)C2. The van der Waals surface area contributed by atoms with E-state index in [4.69, 9.17) is 16.3 Å². The minimum absolute atomic E-state index is 0.232. The molecule has 42 heavy (non-hydrogen) atoms. The molecule has 0 bridgehead atoms. The minimum atomic E-state index is -0.577. The highest BCUT2D eigenvalue weighted by atomic mass is 35.5. The van der Waals surface area contributed by atoms with Gasteiger partial charge in [0.2, 0.25) is 0 Å². The molecule has 1 saturated carbocycles. The number of fused-ring (bicyclic) bond motifs is 2. The molecule has 9 nitrogen and oxygen atoms in total. The Morgan fingerprint density at radius 2 is 1.83 bits per heavy atom. The molecule has 2 aliphatic heterocycles. The number of carbonyl (C=O) groups excluding carboxylic acids is 3. The lowest BCUT2D eigenvalue weighted by Gasteiger charge is -2.34. The number of hydrogen-bond acceptors (Lipinski definition) is 5. The van der Waals surface area contributed by atoms with Gasteiger partial charge in [-0.05, 0) is 106 Å². The van der Waals surface area contributed by atoms with Crippen molar-refractivity contribution in [2.45, 2.75) is 65.5 Å². The third kappa shape index (κ3) is 5.62. The van der Waals surface area contributed by atoms with Gasteiger partial charge in [-0.15, -0.1) is 0 Å². The number of benzene rings is 2. The third-order valence-corrected chi connectivity index (χ3v) is 8.27. The van der Waals surface area contributed by atoms with Gasteiger partial charge < -0.3 is 19.9 Å². The molecule has 0 unspecified atom stereocenters. The molecule has 3 amide bonds. The highest BCUT2D eigenvalue weighted by molar-refractivity contribution is 6.30. The molecule has 0 radical (unpaired) electrons. The van der Waals surface area contributed by atoms with E-state index >= 15 is 0 Å². The first kappa shape index (κ1) is 28.3. The number of amides is 3. The van der Waals surface area contributed by atoms with Gasteiger partial charge in [-0.25, -0.2) is 9.48 Å². The maximum atomic E-state index is 14.2. The molecule has 1 aromatic heterocycles. The molecule has 3 heterocycles. The smallest absolute Gasteiger partial charge is 0.410 e. The van der Waals surface area contributed by atoms with Gasteiger partial charge in [0.05, 0.1) is 5.69 Å². The predicted octanol–water partition coefficient (Wildman–Crippen LogP) is 5.47. The van der Waals surface area contributed by atoms with E-state index in [9.17, 15) is 14.4 Å². The van der Waals surface area contributed by atoms with Gasteiger partial charge in [0.25, 0.3) is 11.8 Å². The lowest BCUT2D eigenvalue weighted by atomic mass is 9.93. The number of nitrogens with zero attached hydrogens (tertiary/aromatic N) is 4. The first-order valence-electron chi connectivity index (χ1n) is 14.6. The molecule has 1 aliphatic carbocycles. The van der Waals surface area contributed by atoms with Crippen LogP contribution in [0.25, 0.3) is 5.69 Å². The van der Waals surface area contributed by atoms with Crippen molar-refractivity contribution in [1.29, 1.82) is 0 Å². The van der Waals surface area contributed by atoms with E-state index in [1.807, 2.05) is 45.9 Å². The van der Waals surface area contributed by atoms with Gasteiger partial charge in [0.1, 0.15) is 11.3 Å². The zero-order valence-electron chi connectivity index (χ0n) is 24.5. The Kier molecular flexibility index (Phi) is 7.25. The van der Waals surface area contributed by atoms with Crippen LogP contribution < -0.4 is 10.2 Å². The van der Waals surface area contributed by atoms with Crippen LogP contribution >= 0.6 is 11.6 Å². The van der Waals surface area contributed by atoms with Crippen LogP contribution in [0.5, 0.6) is 0 Å². The van der Waals surface area contributed by atoms with Crippen LogP contribution in [-0.4, -0.2) is 57.8 Å². The zero-order valence-corrected chi connectivity index (χ0v) is 25.3. The topological polar surface area (TPSA) is 96.8 Å². The standard InChI is InChI=1S/C32H36ClN5O4/c1-19-14-24(15-21-18-36(12-10-25(19)21)31(41)42-32(2,3)4)37-13-11-26-27(29(39)34-17-20-8-9-20)35-38(28(26)30(37)40)23-7-5-6-22(33)16-23/h5-7,14-16,20H,8-13,17-18H2,1-4H3,(H,34,39). The molecule has 3 aromatic rings. The largest absolute Gasteiger partial charge is 0.444 e. The molecule has 1 N–H and O–H groups in total. The second-order valence-corrected chi connectivity index (χ2v) is 12.9. The summed E-state index contributed by atoms with van der Waals surface area (Å²) in [4.78, 5) is 43.7. The minimum Gasteiger partial charge on any atom is -0.444 e. The molecule has 0 atom stereocenters. The number of carbonyl (C=O) groups is 3. The number of aryl methyl sites for hydroxylation is 1. The van der Waals surface area contributed by atoms with Crippen molar-refractivity contribution >= 4 is 35.2 Å². The molecular formula is C32H36ClN5O4. The Morgan fingerprint density at radius 3 is 2.55 bits per heavy atom. The van der Waals surface area contributed by atoms with E-state index in [1.165, 1.54) is 5.56 Å². The number of aromatic nitrogens is 2. The highest BCUT2D eigenvalue weighted by Crippen LogP contribution is 2.34. The van der Waals surface area contributed by atoms with Crippen molar-refractivity contribution in [3.8, 4) is 5.69 Å². The summed E-state index contributed by atoms with van der Waals surface area (Å²) in [5.41, 5.74) is 5.37. The number of hydrogen-bond donors (Lipinski definition) is 1. The Balaban J connectivity index is 1.34. The molecule has 3 aliphatic rings. The number of rotatable bonds is 5. The fourth-order valence-electron chi connectivity index (χ4n) is 5.76. The summed E-state index contributed by atoms with van der Waals surface area (Å²) in [7, 11) is 0. The van der Waals surface area contributed by atoms with Gasteiger partial charge in [-0.2, -0.15) is 5.10 Å². The van der Waals surface area contributed by atoms with Gasteiger partial charge in [0.15, 0.2) is 5.69 Å². The fourth-order valence-corrected chi connectivity index (χ4v) is 5.95. The van der Waals surface area contributed by atoms with E-state index in [2.05, 4.69) is 10.4 Å². The number of anilines is 1. The molecule has 10 heteroatoms. The molecule has 2 aromatic carbocycles. The lowest BCUT2D eigenvalue weighted by molar-refractivity contribution is 0.0223. The van der Waals surface area contributed by atoms with Gasteiger partial charge in [-0.1, -0.05) is 17.7 Å². The van der Waals surface area contributed by atoms with E-state index in [-0.39, 0.29) is 23.6 Å². The zero-order chi connectivity index (χ0) is 29.8. The summed E-state index contributed by atoms with van der Waals surface area (Å²) in [5.74, 6) is 0.0339. The van der Waals surface area contributed by atoms with Crippen LogP contribution in [0.2, 0.25) is 5.02 Å². The van der Waals surface area contributed by atoms with Crippen molar-refractivity contribution in [3.05, 3.63) is 75.1 Å². The fraction of sp³-hybridized carbons (Fsp3) is 0.438. The van der Waals surface area contributed by atoms with Crippen molar-refractivity contribution < 1.29 is 19.1 Å². The van der Waals surface area contributed by atoms with E-state index in [0.29, 0.717) is 60.5 Å². The van der Waals surface area contributed by atoms with Crippen molar-refractivity contribution in [1.82, 2.24) is 20.0 Å². The number of nitrogens with one attached hydrogen (secondary N) is 1. The van der Waals surface area contributed by atoms with Crippen LogP contribution in [0.3, 0.4) is 0 Å². The average Bonchev–Trinajstić information content (AvgIpc) is 3.68. The molecule has 0 spiro atoms. The van der Waals surface area contributed by atoms with Crippen molar-refractivity contribution in [2.75, 3.05) is 24.5 Å². The van der Waals surface area contributed by atoms with Crippen LogP contribution in [0.4, 0.5) is 10.5 Å². The summed E-state index contributed by atoms with van der Waals surface area (Å²) < 4.78 is 7.17. The van der Waals surface area contributed by atoms with Gasteiger partial charge in [-0.3, -0.25) is 9.59 Å². The number of ether oxygens (including phenoxy) is 1. The molecule has 1 fully saturated rings. The van der Waals surface area contributed by atoms with E-state index in [1.54, 1.807) is 32.7 Å². The second kappa shape index (κ2) is 10.8. The monoisotopic (exact) mass is 589 g/mol. The van der Waals surface area contributed by atoms with Gasteiger partial charge in [0, 0.05) is 42.5 Å². The van der Waals surface area contributed by atoms with E-state index in [0.717, 1.165) is 36.1 Å². The van der Waals surface area contributed by atoms with E-state index < -0.39 is 5.60 Å². The van der Waals surface area contributed by atoms with Crippen LogP contribution in [-0.2, 0) is 24.1 Å². The summed E-state index contributed by atoms with van der Waals surface area (Å²) in [6.07, 6.45) is 3.11. The van der Waals surface area contributed by atoms with Gasteiger partial charge >= 0.3 is 6.09 Å². The van der Waals surface area contributed by atoms with Crippen LogP contribution in [0.15, 0.2) is 36.4 Å². The maximum Gasteiger partial charge on any atom is 0.410 e. The normalized spacial score (nSPS) is 16.6. The maximum absolute atomic E-state index is 14.2. The first-order chi connectivity index (χ1) is 20.0. The van der Waals surface area contributed by atoms with Crippen molar-refractivity contribution in [2.24, 2.45) is 5.92 Å². The second-order valence-electron chi connectivity index (χ2n) is 12.5. The predicted molar refractivity (Wildman–Crippen MR) is 161 cm³/mol. The average molecular weight is 590 g/mol. The van der Waals surface area contributed by atoms with Crippen LogP contribution in [0, 0.1) is 12.8 Å². The summed E-state index contributed by atoms with van der Waals surface area (Å²) in [6, 6.07) is 11.2. The summed E-state index contributed by atoms with van der Waals surface area (Å²) >= 11 is 6.30. The first-order valence-corrected chi connectivity index (χ1v) is 14.9. The summed E-state index contributed by atoms with van der Waals surface area (Å²) in [5, 5.41) is 8.18. The Labute approximate surface area is 250 Å². The Bertz CT molecular complexity index is 1590. The lowest BCUT2D eigenvalue weighted by Crippen LogP contribution is -2.41. The summed E-state index contributed by atoms with van der Waals surface area (Å²) in [6.45, 7) is 9.64. The molecule has 220 valence electrons. The molecular weight excluding hydrogens is 554 g/mol. The Hall–Kier alpha value is -3.85. The number of halogens is 1. The Morgan fingerprint density at radius 1 is 1.07 bits per heavy atom. The molecule has 0 saturated heterocycles. The highest BCUT2D eigenvalue weighted by Gasteiger charge is 2.36.